The first-order chi connectivity index (χ1) is 9.89. The predicted octanol–water partition coefficient (Wildman–Crippen LogP) is 3.09. The van der Waals surface area contributed by atoms with Gasteiger partial charge in [-0.05, 0) is 46.6 Å². The van der Waals surface area contributed by atoms with E-state index in [2.05, 4.69) is 44.0 Å². The first kappa shape index (κ1) is 16.5. The van der Waals surface area contributed by atoms with Crippen molar-refractivity contribution >= 4 is 0 Å². The van der Waals surface area contributed by atoms with Crippen molar-refractivity contribution in [2.75, 3.05) is 20.3 Å². The van der Waals surface area contributed by atoms with Crippen molar-refractivity contribution in [2.24, 2.45) is 0 Å². The van der Waals surface area contributed by atoms with Crippen LogP contribution in [0.2, 0.25) is 0 Å². The zero-order chi connectivity index (χ0) is 15.5. The smallest absolute Gasteiger partial charge is 0.118 e. The maximum absolute atomic E-state index is 5.95. The van der Waals surface area contributed by atoms with E-state index < -0.39 is 0 Å². The van der Waals surface area contributed by atoms with Gasteiger partial charge in [0.1, 0.15) is 11.5 Å². The Morgan fingerprint density at radius 3 is 2.67 bits per heavy atom. The molecule has 1 aromatic heterocycles. The molecule has 4 nitrogen and oxygen atoms in total. The van der Waals surface area contributed by atoms with Crippen LogP contribution in [0, 0.1) is 6.92 Å². The summed E-state index contributed by atoms with van der Waals surface area (Å²) in [6.45, 7) is 12.1. The predicted molar refractivity (Wildman–Crippen MR) is 85.3 cm³/mol. The van der Waals surface area contributed by atoms with E-state index in [9.17, 15) is 0 Å². The molecule has 0 saturated heterocycles. The van der Waals surface area contributed by atoms with Crippen LogP contribution < -0.4 is 5.32 Å². The fourth-order valence-corrected chi connectivity index (χ4v) is 2.44. The fraction of sp³-hybridized carbons (Fsp3) is 0.765. The molecule has 0 atom stereocenters. The second-order valence-corrected chi connectivity index (χ2v) is 7.09. The maximum Gasteiger partial charge on any atom is 0.118 e. The summed E-state index contributed by atoms with van der Waals surface area (Å²) in [6, 6.07) is 2.93. The number of aryl methyl sites for hydroxylation is 1. The largest absolute Gasteiger partial charge is 0.465 e. The normalized spacial score (nSPS) is 15.9. The van der Waals surface area contributed by atoms with Gasteiger partial charge in [-0.15, -0.1) is 0 Å². The SMILES string of the molecule is COCCN(Cc1cc(CNC(C)(C)C)c(C)o1)C1CC1. The lowest BCUT2D eigenvalue weighted by atomic mass is 10.1. The Morgan fingerprint density at radius 1 is 1.38 bits per heavy atom. The van der Waals surface area contributed by atoms with Gasteiger partial charge in [0.15, 0.2) is 0 Å². The lowest BCUT2D eigenvalue weighted by Gasteiger charge is -2.20. The van der Waals surface area contributed by atoms with Crippen molar-refractivity contribution in [2.45, 2.75) is 65.2 Å². The standard InChI is InChI=1S/C17H30N2O2/c1-13-14(11-18-17(2,3)4)10-16(21-13)12-19(8-9-20-5)15-6-7-15/h10,15,18H,6-9,11-12H2,1-5H3. The highest BCUT2D eigenvalue weighted by molar-refractivity contribution is 5.21. The third kappa shape index (κ3) is 5.46. The van der Waals surface area contributed by atoms with Gasteiger partial charge in [-0.25, -0.2) is 0 Å². The van der Waals surface area contributed by atoms with Crippen molar-refractivity contribution in [3.8, 4) is 0 Å². The van der Waals surface area contributed by atoms with Gasteiger partial charge < -0.3 is 14.5 Å². The van der Waals surface area contributed by atoms with Crippen LogP contribution >= 0.6 is 0 Å². The summed E-state index contributed by atoms with van der Waals surface area (Å²) in [5.41, 5.74) is 1.39. The molecule has 1 aromatic rings. The van der Waals surface area contributed by atoms with Crippen LogP contribution in [0.15, 0.2) is 10.5 Å². The molecule has 1 N–H and O–H groups in total. The van der Waals surface area contributed by atoms with Gasteiger partial charge in [0.25, 0.3) is 0 Å². The van der Waals surface area contributed by atoms with E-state index in [-0.39, 0.29) is 5.54 Å². The van der Waals surface area contributed by atoms with Gasteiger partial charge >= 0.3 is 0 Å². The van der Waals surface area contributed by atoms with Crippen molar-refractivity contribution in [3.05, 3.63) is 23.2 Å². The van der Waals surface area contributed by atoms with Crippen molar-refractivity contribution in [1.82, 2.24) is 10.2 Å². The van der Waals surface area contributed by atoms with E-state index in [0.29, 0.717) is 0 Å². The molecular weight excluding hydrogens is 264 g/mol. The van der Waals surface area contributed by atoms with Crippen LogP contribution in [0.5, 0.6) is 0 Å². The Labute approximate surface area is 128 Å². The molecule has 0 aliphatic heterocycles. The molecule has 21 heavy (non-hydrogen) atoms. The lowest BCUT2D eigenvalue weighted by Crippen LogP contribution is -2.35. The summed E-state index contributed by atoms with van der Waals surface area (Å²) in [5, 5.41) is 3.52. The first-order valence-electron chi connectivity index (χ1n) is 7.95. The summed E-state index contributed by atoms with van der Waals surface area (Å²) in [4.78, 5) is 2.47. The quantitative estimate of drug-likeness (QED) is 0.799. The van der Waals surface area contributed by atoms with Gasteiger partial charge in [-0.2, -0.15) is 0 Å². The second kappa shape index (κ2) is 6.95. The molecule has 2 rings (SSSR count). The van der Waals surface area contributed by atoms with Crippen LogP contribution in [0.3, 0.4) is 0 Å². The Morgan fingerprint density at radius 2 is 2.10 bits per heavy atom. The van der Waals surface area contributed by atoms with Crippen LogP contribution in [-0.2, 0) is 17.8 Å². The average Bonchev–Trinajstić information content (AvgIpc) is 3.16. The number of hydrogen-bond acceptors (Lipinski definition) is 4. The van der Waals surface area contributed by atoms with Crippen LogP contribution in [0.4, 0.5) is 0 Å². The maximum atomic E-state index is 5.95. The van der Waals surface area contributed by atoms with E-state index in [1.165, 1.54) is 18.4 Å². The van der Waals surface area contributed by atoms with Gasteiger partial charge in [-0.1, -0.05) is 0 Å². The van der Waals surface area contributed by atoms with E-state index in [1.54, 1.807) is 7.11 Å². The molecule has 0 radical (unpaired) electrons. The Hall–Kier alpha value is -0.840. The highest BCUT2D eigenvalue weighted by Crippen LogP contribution is 2.29. The number of furan rings is 1. The fourth-order valence-electron chi connectivity index (χ4n) is 2.44. The Kier molecular flexibility index (Phi) is 5.47. The molecule has 0 bridgehead atoms. The van der Waals surface area contributed by atoms with E-state index >= 15 is 0 Å². The molecule has 120 valence electrons. The number of nitrogens with zero attached hydrogens (tertiary/aromatic N) is 1. The molecule has 1 saturated carbocycles. The number of rotatable bonds is 8. The summed E-state index contributed by atoms with van der Waals surface area (Å²) in [7, 11) is 1.76. The molecule has 0 aromatic carbocycles. The van der Waals surface area contributed by atoms with Crippen molar-refractivity contribution < 1.29 is 9.15 Å². The summed E-state index contributed by atoms with van der Waals surface area (Å²) >= 11 is 0. The number of methoxy groups -OCH3 is 1. The molecule has 0 unspecified atom stereocenters. The Bertz CT molecular complexity index is 444. The van der Waals surface area contributed by atoms with Gasteiger partial charge in [0.2, 0.25) is 0 Å². The highest BCUT2D eigenvalue weighted by Gasteiger charge is 2.29. The summed E-state index contributed by atoms with van der Waals surface area (Å²) in [5.74, 6) is 2.10. The topological polar surface area (TPSA) is 37.6 Å². The molecule has 0 spiro atoms. The van der Waals surface area contributed by atoms with Gasteiger partial charge in [-0.3, -0.25) is 4.90 Å². The second-order valence-electron chi connectivity index (χ2n) is 7.09. The number of hydrogen-bond donors (Lipinski definition) is 1. The minimum atomic E-state index is 0.127. The van der Waals surface area contributed by atoms with Gasteiger partial charge in [0, 0.05) is 37.3 Å². The number of nitrogens with one attached hydrogen (secondary N) is 1. The van der Waals surface area contributed by atoms with Crippen LogP contribution in [0.25, 0.3) is 0 Å². The van der Waals surface area contributed by atoms with Crippen LogP contribution in [0.1, 0.15) is 50.7 Å². The molecule has 4 heteroatoms. The van der Waals surface area contributed by atoms with E-state index in [1.807, 2.05) is 0 Å². The average molecular weight is 294 g/mol. The third-order valence-corrected chi connectivity index (χ3v) is 3.89. The summed E-state index contributed by atoms with van der Waals surface area (Å²) < 4.78 is 11.2. The first-order valence-corrected chi connectivity index (χ1v) is 7.95. The zero-order valence-corrected chi connectivity index (χ0v) is 14.2. The molecule has 1 fully saturated rings. The molecule has 1 heterocycles. The lowest BCUT2D eigenvalue weighted by molar-refractivity contribution is 0.134. The Balaban J connectivity index is 1.93. The van der Waals surface area contributed by atoms with Crippen molar-refractivity contribution in [3.63, 3.8) is 0 Å². The van der Waals surface area contributed by atoms with Gasteiger partial charge in [0.05, 0.1) is 13.2 Å². The molecule has 1 aliphatic rings. The monoisotopic (exact) mass is 294 g/mol. The minimum absolute atomic E-state index is 0.127. The zero-order valence-electron chi connectivity index (χ0n) is 14.2. The van der Waals surface area contributed by atoms with Crippen molar-refractivity contribution in [1.29, 1.82) is 0 Å². The highest BCUT2D eigenvalue weighted by atomic mass is 16.5. The van der Waals surface area contributed by atoms with Crippen LogP contribution in [-0.4, -0.2) is 36.7 Å². The number of ether oxygens (including phenoxy) is 1. The third-order valence-electron chi connectivity index (χ3n) is 3.89. The molecular formula is C17H30N2O2. The summed E-state index contributed by atoms with van der Waals surface area (Å²) in [6.07, 6.45) is 2.61. The molecule has 1 aliphatic carbocycles. The minimum Gasteiger partial charge on any atom is -0.465 e. The molecule has 0 amide bonds. The van der Waals surface area contributed by atoms with E-state index in [4.69, 9.17) is 9.15 Å². The van der Waals surface area contributed by atoms with E-state index in [0.717, 1.165) is 43.8 Å².